The summed E-state index contributed by atoms with van der Waals surface area (Å²) in [7, 11) is 2.00. The molecule has 1 aromatic heterocycles. The third-order valence-corrected chi connectivity index (χ3v) is 7.86. The molecule has 1 amide bonds. The third-order valence-electron chi connectivity index (χ3n) is 7.86. The van der Waals surface area contributed by atoms with Crippen molar-refractivity contribution in [3.8, 4) is 0 Å². The van der Waals surface area contributed by atoms with Crippen molar-refractivity contribution >= 4 is 11.6 Å². The van der Waals surface area contributed by atoms with Gasteiger partial charge in [0.05, 0.1) is 22.9 Å². The number of rotatable bonds is 7. The Labute approximate surface area is 200 Å². The van der Waals surface area contributed by atoms with Gasteiger partial charge in [0.25, 0.3) is 17.9 Å². The fourth-order valence-electron chi connectivity index (χ4n) is 5.93. The minimum absolute atomic E-state index is 0.0555. The van der Waals surface area contributed by atoms with E-state index in [4.69, 9.17) is 5.73 Å². The third kappa shape index (κ3) is 4.01. The van der Waals surface area contributed by atoms with Gasteiger partial charge in [-0.3, -0.25) is 9.59 Å². The number of carbonyl (C=O) groups excluding carboxylic acids is 1. The van der Waals surface area contributed by atoms with Crippen molar-refractivity contribution in [3.63, 3.8) is 0 Å². The number of nitrogens with two attached hydrogens (primary N) is 1. The average molecular weight is 493 g/mol. The first kappa shape index (κ1) is 23.8. The number of aromatic nitrogens is 1. The van der Waals surface area contributed by atoms with E-state index in [0.717, 1.165) is 19.2 Å². The summed E-state index contributed by atoms with van der Waals surface area (Å²) in [6.45, 7) is 3.27. The summed E-state index contributed by atoms with van der Waals surface area (Å²) < 4.78 is 56.8. The Hall–Kier alpha value is -2.88. The summed E-state index contributed by atoms with van der Waals surface area (Å²) in [5, 5.41) is 0. The Morgan fingerprint density at radius 2 is 1.80 bits per heavy atom. The number of anilines is 1. The Balaban J connectivity index is 1.61. The molecule has 1 saturated heterocycles. The minimum Gasteiger partial charge on any atom is -0.365 e. The topological polar surface area (TPSA) is 71.6 Å². The second-order valence-corrected chi connectivity index (χ2v) is 10.1. The maximum Gasteiger partial charge on any atom is 0.266 e. The van der Waals surface area contributed by atoms with Gasteiger partial charge in [-0.1, -0.05) is 18.2 Å². The fourth-order valence-corrected chi connectivity index (χ4v) is 5.93. The second kappa shape index (κ2) is 8.65. The molecule has 10 heteroatoms. The number of alkyl halides is 3. The van der Waals surface area contributed by atoms with Crippen molar-refractivity contribution in [1.29, 1.82) is 0 Å². The molecule has 2 saturated carbocycles. The molecule has 6 nitrogen and oxygen atoms in total. The van der Waals surface area contributed by atoms with Crippen LogP contribution in [0.15, 0.2) is 35.3 Å². The first-order chi connectivity index (χ1) is 16.6. The van der Waals surface area contributed by atoms with E-state index in [1.165, 1.54) is 29.0 Å². The lowest BCUT2D eigenvalue weighted by Crippen LogP contribution is -2.40. The normalized spacial score (nSPS) is 28.5. The van der Waals surface area contributed by atoms with Gasteiger partial charge >= 0.3 is 0 Å². The Morgan fingerprint density at radius 3 is 2.37 bits per heavy atom. The van der Waals surface area contributed by atoms with Crippen molar-refractivity contribution in [2.45, 2.75) is 50.5 Å². The Kier molecular flexibility index (Phi) is 5.89. The van der Waals surface area contributed by atoms with Crippen molar-refractivity contribution < 1.29 is 22.4 Å². The highest BCUT2D eigenvalue weighted by Crippen LogP contribution is 2.53. The van der Waals surface area contributed by atoms with Gasteiger partial charge in [-0.2, -0.15) is 0 Å². The van der Waals surface area contributed by atoms with E-state index in [2.05, 4.69) is 4.90 Å². The molecule has 1 aromatic carbocycles. The quantitative estimate of drug-likeness (QED) is 0.597. The molecule has 0 spiro atoms. The van der Waals surface area contributed by atoms with E-state index in [1.54, 1.807) is 11.8 Å². The number of primary amides is 1. The number of hydrogen-bond donors (Lipinski definition) is 1. The number of likely N-dealkylation sites (tertiary alicyclic amines) is 1. The molecule has 2 N–H and O–H groups in total. The van der Waals surface area contributed by atoms with Crippen molar-refractivity contribution in [1.82, 2.24) is 9.47 Å². The molecule has 0 bridgehead atoms. The lowest BCUT2D eigenvalue weighted by Gasteiger charge is -2.37. The lowest BCUT2D eigenvalue weighted by atomic mass is 9.90. The molecule has 0 radical (unpaired) electrons. The first-order valence-corrected chi connectivity index (χ1v) is 11.8. The molecule has 1 aliphatic heterocycles. The summed E-state index contributed by atoms with van der Waals surface area (Å²) in [6.07, 6.45) is -2.23. The molecule has 5 rings (SSSR count). The molecule has 35 heavy (non-hydrogen) atoms. The molecule has 3 aliphatic rings. The number of carbonyl (C=O) groups is 1. The van der Waals surface area contributed by atoms with Gasteiger partial charge in [-0.15, -0.1) is 0 Å². The van der Waals surface area contributed by atoms with Crippen LogP contribution in [0.5, 0.6) is 0 Å². The van der Waals surface area contributed by atoms with Crippen LogP contribution < -0.4 is 16.2 Å². The molecular formula is C25H28F4N4O2. The lowest BCUT2D eigenvalue weighted by molar-refractivity contribution is 0.0997. The molecule has 2 unspecified atom stereocenters. The Morgan fingerprint density at radius 1 is 1.17 bits per heavy atom. The summed E-state index contributed by atoms with van der Waals surface area (Å²) in [5.41, 5.74) is 4.99. The average Bonchev–Trinajstić information content (AvgIpc) is 3.25. The molecule has 3 atom stereocenters. The maximum absolute atomic E-state index is 15.2. The van der Waals surface area contributed by atoms with Crippen LogP contribution >= 0.6 is 0 Å². The number of pyridine rings is 1. The summed E-state index contributed by atoms with van der Waals surface area (Å²) in [5.74, 6) is -1.32. The van der Waals surface area contributed by atoms with E-state index in [9.17, 15) is 22.8 Å². The molecule has 2 heterocycles. The number of amides is 1. The Bertz CT molecular complexity index is 1200. The zero-order valence-electron chi connectivity index (χ0n) is 19.5. The molecular weight excluding hydrogens is 464 g/mol. The van der Waals surface area contributed by atoms with Gasteiger partial charge < -0.3 is 20.1 Å². The van der Waals surface area contributed by atoms with Crippen LogP contribution in [0.25, 0.3) is 0 Å². The SMILES string of the molecule is C[C@H](c1cccc(C(F)F)c1F)N(c1cc(=O)n(C2CC(F)C2)cc1C(N)=O)C1C2CN(C)CC21. The van der Waals surface area contributed by atoms with Crippen LogP contribution in [0.2, 0.25) is 0 Å². The van der Waals surface area contributed by atoms with E-state index in [0.29, 0.717) is 0 Å². The molecule has 2 aliphatic carbocycles. The van der Waals surface area contributed by atoms with Gasteiger partial charge in [-0.05, 0) is 38.6 Å². The minimum atomic E-state index is -2.98. The number of nitrogens with zero attached hydrogens (tertiary/aromatic N) is 3. The second-order valence-electron chi connectivity index (χ2n) is 10.1. The van der Waals surface area contributed by atoms with E-state index in [-0.39, 0.29) is 53.6 Å². The van der Waals surface area contributed by atoms with Crippen LogP contribution in [0, 0.1) is 17.7 Å². The monoisotopic (exact) mass is 492 g/mol. The summed E-state index contributed by atoms with van der Waals surface area (Å²) >= 11 is 0. The predicted molar refractivity (Wildman–Crippen MR) is 123 cm³/mol. The van der Waals surface area contributed by atoms with Gasteiger partial charge in [0.15, 0.2) is 0 Å². The van der Waals surface area contributed by atoms with Crippen molar-refractivity contribution in [2.75, 3.05) is 25.0 Å². The van der Waals surface area contributed by atoms with Gasteiger partial charge in [0.2, 0.25) is 0 Å². The van der Waals surface area contributed by atoms with E-state index < -0.39 is 41.5 Å². The number of benzene rings is 1. The highest BCUT2D eigenvalue weighted by Gasteiger charge is 2.59. The summed E-state index contributed by atoms with van der Waals surface area (Å²) in [4.78, 5) is 29.5. The summed E-state index contributed by atoms with van der Waals surface area (Å²) in [6, 6.07) is 3.97. The van der Waals surface area contributed by atoms with Gasteiger partial charge in [0.1, 0.15) is 12.0 Å². The molecule has 3 fully saturated rings. The zero-order chi connectivity index (χ0) is 25.2. The first-order valence-electron chi connectivity index (χ1n) is 11.8. The highest BCUT2D eigenvalue weighted by atomic mass is 19.3. The maximum atomic E-state index is 15.2. The molecule has 2 aromatic rings. The standard InChI is InChI=1S/C25H28F4N4O2/c1-12(15-4-3-5-16(22(15)27)24(28)29)33(23-17-9-31(2)10-18(17)23)20-8-21(34)32(11-19(20)25(30)35)14-6-13(26)7-14/h3-5,8,11-14,17-18,23-24H,6-7,9-10H2,1-2H3,(H2,30,35)/t12-,13?,14?,17?,18?,23?/m1/s1. The zero-order valence-corrected chi connectivity index (χ0v) is 19.5. The smallest absolute Gasteiger partial charge is 0.266 e. The van der Waals surface area contributed by atoms with Crippen LogP contribution in [0.3, 0.4) is 0 Å². The number of halogens is 4. The van der Waals surface area contributed by atoms with Gasteiger partial charge in [0, 0.05) is 43.0 Å². The van der Waals surface area contributed by atoms with Crippen LogP contribution in [-0.4, -0.2) is 47.7 Å². The van der Waals surface area contributed by atoms with E-state index >= 15 is 4.39 Å². The number of fused-ring (bicyclic) bond motifs is 1. The number of piperidine rings is 1. The predicted octanol–water partition coefficient (Wildman–Crippen LogP) is 3.82. The fraction of sp³-hybridized carbons (Fsp3) is 0.520. The van der Waals surface area contributed by atoms with Crippen LogP contribution in [0.1, 0.15) is 59.8 Å². The number of hydrogen-bond acceptors (Lipinski definition) is 4. The highest BCUT2D eigenvalue weighted by molar-refractivity contribution is 5.98. The van der Waals surface area contributed by atoms with Gasteiger partial charge in [-0.25, -0.2) is 17.6 Å². The molecule has 188 valence electrons. The van der Waals surface area contributed by atoms with Crippen LogP contribution in [0.4, 0.5) is 23.2 Å². The van der Waals surface area contributed by atoms with Crippen molar-refractivity contribution in [2.24, 2.45) is 17.6 Å². The largest absolute Gasteiger partial charge is 0.365 e. The van der Waals surface area contributed by atoms with Crippen molar-refractivity contribution in [3.05, 3.63) is 63.3 Å². The van der Waals surface area contributed by atoms with Crippen LogP contribution in [-0.2, 0) is 0 Å². The van der Waals surface area contributed by atoms with E-state index in [1.807, 2.05) is 7.05 Å².